The third-order valence-electron chi connectivity index (χ3n) is 3.16. The normalized spacial score (nSPS) is 14.2. The van der Waals surface area contributed by atoms with Gasteiger partial charge in [-0.05, 0) is 26.0 Å². The molecule has 128 valence electrons. The topological polar surface area (TPSA) is 102 Å². The number of aliphatic carboxylic acids is 1. The molecule has 23 heavy (non-hydrogen) atoms. The van der Waals surface area contributed by atoms with Crippen LogP contribution in [-0.4, -0.2) is 35.4 Å². The zero-order valence-corrected chi connectivity index (χ0v) is 13.5. The number of halogens is 3. The third kappa shape index (κ3) is 4.15. The van der Waals surface area contributed by atoms with E-state index in [4.69, 9.17) is 22.1 Å². The van der Waals surface area contributed by atoms with E-state index in [1.807, 2.05) is 0 Å². The smallest absolute Gasteiger partial charge is 0.357 e. The van der Waals surface area contributed by atoms with Crippen LogP contribution in [0.25, 0.3) is 0 Å². The summed E-state index contributed by atoms with van der Waals surface area (Å²) in [6.07, 6.45) is -0.733. The van der Waals surface area contributed by atoms with Gasteiger partial charge < -0.3 is 20.9 Å². The zero-order chi connectivity index (χ0) is 18.0. The van der Waals surface area contributed by atoms with Crippen molar-refractivity contribution in [3.63, 3.8) is 0 Å². The zero-order valence-electron chi connectivity index (χ0n) is 12.7. The Morgan fingerprint density at radius 2 is 1.87 bits per heavy atom. The molecule has 0 aliphatic heterocycles. The third-order valence-corrected chi connectivity index (χ3v) is 3.57. The summed E-state index contributed by atoms with van der Waals surface area (Å²) in [6, 6.07) is 1.60. The summed E-state index contributed by atoms with van der Waals surface area (Å²) < 4.78 is 32.3. The number of benzene rings is 1. The van der Waals surface area contributed by atoms with E-state index in [9.17, 15) is 23.5 Å². The molecular formula is C14H17ClF2N2O4. The van der Waals surface area contributed by atoms with Crippen LogP contribution >= 0.6 is 11.6 Å². The van der Waals surface area contributed by atoms with E-state index in [2.05, 4.69) is 5.32 Å². The Labute approximate surface area is 136 Å². The molecule has 1 atom stereocenters. The molecule has 4 N–H and O–H groups in total. The van der Waals surface area contributed by atoms with Crippen LogP contribution < -0.4 is 11.1 Å². The fourth-order valence-corrected chi connectivity index (χ4v) is 1.93. The van der Waals surface area contributed by atoms with Gasteiger partial charge in [0.25, 0.3) is 0 Å². The number of ether oxygens (including phenoxy) is 1. The largest absolute Gasteiger partial charge is 0.478 e. The highest BCUT2D eigenvalue weighted by Crippen LogP contribution is 2.27. The lowest BCUT2D eigenvalue weighted by Gasteiger charge is -2.32. The van der Waals surface area contributed by atoms with Gasteiger partial charge in [-0.3, -0.25) is 4.79 Å². The van der Waals surface area contributed by atoms with E-state index >= 15 is 0 Å². The number of rotatable bonds is 6. The quantitative estimate of drug-likeness (QED) is 0.532. The molecule has 0 radical (unpaired) electrons. The number of hydrogen-bond acceptors (Lipinski definition) is 4. The van der Waals surface area contributed by atoms with Gasteiger partial charge in [-0.1, -0.05) is 11.6 Å². The number of carboxylic acids is 1. The molecular weight excluding hydrogens is 334 g/mol. The Bertz CT molecular complexity index is 634. The minimum absolute atomic E-state index is 0.439. The van der Waals surface area contributed by atoms with E-state index in [-0.39, 0.29) is 0 Å². The summed E-state index contributed by atoms with van der Waals surface area (Å²) in [6.45, 7) is 2.70. The molecule has 0 aliphatic carbocycles. The average molecular weight is 351 g/mol. The first-order valence-electron chi connectivity index (χ1n) is 6.47. The van der Waals surface area contributed by atoms with Gasteiger partial charge in [-0.2, -0.15) is 0 Å². The molecule has 0 saturated heterocycles. The molecule has 0 bridgehead atoms. The second-order valence-electron chi connectivity index (χ2n) is 5.51. The number of carboxylic acid groups (broad SMARTS) is 1. The Morgan fingerprint density at radius 1 is 1.35 bits per heavy atom. The molecule has 0 spiro atoms. The number of methoxy groups -OCH3 is 1. The monoisotopic (exact) mass is 350 g/mol. The number of nitrogens with two attached hydrogens (primary N) is 1. The molecule has 1 rings (SSSR count). The molecule has 1 amide bonds. The summed E-state index contributed by atoms with van der Waals surface area (Å²) in [5.74, 6) is -4.32. The van der Waals surface area contributed by atoms with Crippen LogP contribution in [0, 0.1) is 11.6 Å². The van der Waals surface area contributed by atoms with Crippen LogP contribution in [0.2, 0.25) is 5.02 Å². The number of carbonyl (C=O) groups excluding carboxylic acids is 1. The second-order valence-corrected chi connectivity index (χ2v) is 5.89. The van der Waals surface area contributed by atoms with Crippen molar-refractivity contribution in [2.75, 3.05) is 7.11 Å². The van der Waals surface area contributed by atoms with E-state index in [1.54, 1.807) is 0 Å². The predicted octanol–water partition coefficient (Wildman–Crippen LogP) is 1.44. The maximum Gasteiger partial charge on any atom is 0.357 e. The molecule has 0 unspecified atom stereocenters. The van der Waals surface area contributed by atoms with Crippen LogP contribution in [-0.2, 0) is 20.7 Å². The second kappa shape index (κ2) is 6.77. The highest BCUT2D eigenvalue weighted by atomic mass is 35.5. The highest BCUT2D eigenvalue weighted by Gasteiger charge is 2.44. The van der Waals surface area contributed by atoms with Crippen molar-refractivity contribution in [3.8, 4) is 0 Å². The van der Waals surface area contributed by atoms with Gasteiger partial charge in [-0.15, -0.1) is 0 Å². The highest BCUT2D eigenvalue weighted by molar-refractivity contribution is 6.31. The Morgan fingerprint density at radius 3 is 2.30 bits per heavy atom. The number of carbonyl (C=O) groups is 2. The van der Waals surface area contributed by atoms with Crippen molar-refractivity contribution in [3.05, 3.63) is 34.4 Å². The fraction of sp³-hybridized carbons (Fsp3) is 0.429. The lowest BCUT2D eigenvalue weighted by atomic mass is 9.99. The molecule has 0 aromatic heterocycles. The molecule has 0 aliphatic rings. The lowest BCUT2D eigenvalue weighted by Crippen LogP contribution is -2.63. The molecule has 0 heterocycles. The van der Waals surface area contributed by atoms with Gasteiger partial charge in [0, 0.05) is 19.1 Å². The number of nitrogens with one attached hydrogen (secondary N) is 1. The van der Waals surface area contributed by atoms with Gasteiger partial charge >= 0.3 is 5.97 Å². The Balaban J connectivity index is 3.32. The summed E-state index contributed by atoms with van der Waals surface area (Å²) >= 11 is 5.69. The van der Waals surface area contributed by atoms with Crippen LogP contribution in [0.4, 0.5) is 8.78 Å². The standard InChI is InChI=1S/C14H17ClF2N2O4/c1-13(2,18)11(20)19-14(23-3,12(21)22)6-7-8(16)4-5-9(17)10(7)15/h4-5H,6,18H2,1-3H3,(H,19,20)(H,21,22)/t14-/m1/s1. The van der Waals surface area contributed by atoms with Crippen LogP contribution in [0.1, 0.15) is 19.4 Å². The Hall–Kier alpha value is -1.77. The van der Waals surface area contributed by atoms with Crippen molar-refractivity contribution in [2.24, 2.45) is 5.73 Å². The summed E-state index contributed by atoms with van der Waals surface area (Å²) in [5.41, 5.74) is 1.39. The molecule has 1 aromatic rings. The van der Waals surface area contributed by atoms with Crippen LogP contribution in [0.5, 0.6) is 0 Å². The molecule has 0 fully saturated rings. The van der Waals surface area contributed by atoms with Crippen molar-refractivity contribution in [1.29, 1.82) is 0 Å². The number of hydrogen-bond donors (Lipinski definition) is 3. The van der Waals surface area contributed by atoms with Gasteiger partial charge in [0.1, 0.15) is 11.6 Å². The SMILES string of the molecule is CO[C@@](Cc1c(F)ccc(F)c1Cl)(NC(=O)C(C)(C)N)C(=O)O. The van der Waals surface area contributed by atoms with Crippen molar-refractivity contribution >= 4 is 23.5 Å². The summed E-state index contributed by atoms with van der Waals surface area (Å²) in [4.78, 5) is 23.6. The molecule has 9 heteroatoms. The molecule has 0 saturated carbocycles. The van der Waals surface area contributed by atoms with Gasteiger partial charge in [0.15, 0.2) is 0 Å². The van der Waals surface area contributed by atoms with Crippen molar-refractivity contribution < 1.29 is 28.2 Å². The van der Waals surface area contributed by atoms with Crippen LogP contribution in [0.3, 0.4) is 0 Å². The summed E-state index contributed by atoms with van der Waals surface area (Å²) in [7, 11) is 1.00. The first-order valence-corrected chi connectivity index (χ1v) is 6.85. The van der Waals surface area contributed by atoms with E-state index < -0.39 is 51.8 Å². The predicted molar refractivity (Wildman–Crippen MR) is 78.9 cm³/mol. The lowest BCUT2D eigenvalue weighted by molar-refractivity contribution is -0.170. The van der Waals surface area contributed by atoms with Crippen molar-refractivity contribution in [2.45, 2.75) is 31.5 Å². The van der Waals surface area contributed by atoms with E-state index in [0.717, 1.165) is 19.2 Å². The van der Waals surface area contributed by atoms with Crippen LogP contribution in [0.15, 0.2) is 12.1 Å². The summed E-state index contributed by atoms with van der Waals surface area (Å²) in [5, 5.41) is 10.9. The fourth-order valence-electron chi connectivity index (χ4n) is 1.71. The maximum atomic E-state index is 13.9. The van der Waals surface area contributed by atoms with Gasteiger partial charge in [0.2, 0.25) is 11.6 Å². The number of amides is 1. The van der Waals surface area contributed by atoms with E-state index in [1.165, 1.54) is 13.8 Å². The first kappa shape index (κ1) is 19.3. The van der Waals surface area contributed by atoms with Gasteiger partial charge in [-0.25, -0.2) is 13.6 Å². The van der Waals surface area contributed by atoms with E-state index in [0.29, 0.717) is 0 Å². The Kier molecular flexibility index (Phi) is 5.68. The average Bonchev–Trinajstić information content (AvgIpc) is 2.45. The first-order chi connectivity index (χ1) is 10.4. The molecule has 6 nitrogen and oxygen atoms in total. The van der Waals surface area contributed by atoms with Gasteiger partial charge in [0.05, 0.1) is 10.6 Å². The minimum atomic E-state index is -2.36. The maximum absolute atomic E-state index is 13.9. The molecule has 1 aromatic carbocycles. The van der Waals surface area contributed by atoms with Crippen molar-refractivity contribution in [1.82, 2.24) is 5.32 Å². The minimum Gasteiger partial charge on any atom is -0.478 e.